The third-order valence-electron chi connectivity index (χ3n) is 3.76. The van der Waals surface area contributed by atoms with E-state index in [0.29, 0.717) is 35.2 Å². The molecule has 1 aromatic heterocycles. The van der Waals surface area contributed by atoms with Crippen LogP contribution in [0.1, 0.15) is 39.5 Å². The van der Waals surface area contributed by atoms with Crippen LogP contribution in [0.5, 0.6) is 0 Å². The molecule has 25 heavy (non-hydrogen) atoms. The van der Waals surface area contributed by atoms with Gasteiger partial charge in [-0.1, -0.05) is 30.6 Å². The van der Waals surface area contributed by atoms with E-state index in [1.165, 1.54) is 6.42 Å². The van der Waals surface area contributed by atoms with Crippen LogP contribution in [-0.2, 0) is 6.54 Å². The number of aliphatic imine (C=N–C) groups is 1. The normalized spacial score (nSPS) is 13.1. The van der Waals surface area contributed by atoms with Gasteiger partial charge in [0.25, 0.3) is 0 Å². The van der Waals surface area contributed by atoms with Gasteiger partial charge < -0.3 is 15.2 Å². The van der Waals surface area contributed by atoms with Gasteiger partial charge in [0.1, 0.15) is 0 Å². The van der Waals surface area contributed by atoms with E-state index in [-0.39, 0.29) is 0 Å². The van der Waals surface area contributed by atoms with Crippen molar-refractivity contribution in [3.8, 4) is 11.4 Å². The first-order valence-corrected chi connectivity index (χ1v) is 8.91. The van der Waals surface area contributed by atoms with E-state index in [4.69, 9.17) is 16.1 Å². The maximum Gasteiger partial charge on any atom is 0.246 e. The topological polar surface area (TPSA) is 75.3 Å². The molecule has 7 heteroatoms. The molecule has 1 heterocycles. The zero-order chi connectivity index (χ0) is 18.2. The largest absolute Gasteiger partial charge is 0.354 e. The highest BCUT2D eigenvalue weighted by atomic mass is 35.5. The van der Waals surface area contributed by atoms with Crippen LogP contribution in [0.3, 0.4) is 0 Å². The van der Waals surface area contributed by atoms with Gasteiger partial charge in [0.2, 0.25) is 11.7 Å². The van der Waals surface area contributed by atoms with Crippen LogP contribution < -0.4 is 10.6 Å². The highest BCUT2D eigenvalue weighted by molar-refractivity contribution is 6.30. The van der Waals surface area contributed by atoms with Crippen molar-refractivity contribution in [3.63, 3.8) is 0 Å². The van der Waals surface area contributed by atoms with Crippen molar-refractivity contribution in [2.24, 2.45) is 10.9 Å². The number of rotatable bonds is 7. The molecule has 0 aliphatic heterocycles. The van der Waals surface area contributed by atoms with E-state index in [1.807, 2.05) is 12.1 Å². The minimum absolute atomic E-state index is 0.348. The zero-order valence-electron chi connectivity index (χ0n) is 15.2. The van der Waals surface area contributed by atoms with Crippen LogP contribution in [0, 0.1) is 5.92 Å². The summed E-state index contributed by atoms with van der Waals surface area (Å²) in [6.07, 6.45) is 2.28. The third-order valence-corrected chi connectivity index (χ3v) is 4.01. The number of hydrogen-bond acceptors (Lipinski definition) is 4. The fourth-order valence-corrected chi connectivity index (χ4v) is 2.41. The maximum atomic E-state index is 5.89. The fraction of sp³-hybridized carbons (Fsp3) is 0.500. The number of benzene rings is 1. The van der Waals surface area contributed by atoms with Crippen LogP contribution in [0.4, 0.5) is 0 Å². The Hall–Kier alpha value is -2.08. The first kappa shape index (κ1) is 19.2. The SMILES string of the molecule is CN=C(NCc1nc(-c2ccc(Cl)cc2)no1)NC(C)CCC(C)C. The maximum absolute atomic E-state index is 5.89. The third kappa shape index (κ3) is 6.38. The smallest absolute Gasteiger partial charge is 0.246 e. The summed E-state index contributed by atoms with van der Waals surface area (Å²) in [6, 6.07) is 7.67. The van der Waals surface area contributed by atoms with Gasteiger partial charge in [-0.15, -0.1) is 0 Å². The van der Waals surface area contributed by atoms with E-state index in [2.05, 4.69) is 46.5 Å². The van der Waals surface area contributed by atoms with Crippen molar-refractivity contribution < 1.29 is 4.52 Å². The molecule has 0 saturated heterocycles. The standard InChI is InChI=1S/C18H26ClN5O/c1-12(2)5-6-13(3)22-18(20-4)21-11-16-23-17(24-25-16)14-7-9-15(19)10-8-14/h7-10,12-13H,5-6,11H2,1-4H3,(H2,20,21,22). The molecule has 1 atom stereocenters. The Morgan fingerprint density at radius 1 is 1.20 bits per heavy atom. The molecule has 2 N–H and O–H groups in total. The Bertz CT molecular complexity index is 681. The first-order chi connectivity index (χ1) is 12.0. The van der Waals surface area contributed by atoms with Gasteiger partial charge in [-0.25, -0.2) is 0 Å². The number of nitrogens with zero attached hydrogens (tertiary/aromatic N) is 3. The average molecular weight is 364 g/mol. The number of halogens is 1. The summed E-state index contributed by atoms with van der Waals surface area (Å²) < 4.78 is 5.29. The lowest BCUT2D eigenvalue weighted by Crippen LogP contribution is -2.42. The molecule has 0 spiro atoms. The summed E-state index contributed by atoms with van der Waals surface area (Å²) in [5, 5.41) is 11.2. The second kappa shape index (κ2) is 9.42. The van der Waals surface area contributed by atoms with Gasteiger partial charge >= 0.3 is 0 Å². The molecular weight excluding hydrogens is 338 g/mol. The predicted molar refractivity (Wildman–Crippen MR) is 102 cm³/mol. The van der Waals surface area contributed by atoms with Crippen molar-refractivity contribution in [1.82, 2.24) is 20.8 Å². The van der Waals surface area contributed by atoms with E-state index in [9.17, 15) is 0 Å². The van der Waals surface area contributed by atoms with Crippen molar-refractivity contribution in [2.75, 3.05) is 7.05 Å². The lowest BCUT2D eigenvalue weighted by atomic mass is 10.0. The Morgan fingerprint density at radius 2 is 1.92 bits per heavy atom. The molecule has 0 amide bonds. The van der Waals surface area contributed by atoms with Crippen LogP contribution in [0.25, 0.3) is 11.4 Å². The summed E-state index contributed by atoms with van der Waals surface area (Å²) in [7, 11) is 1.75. The highest BCUT2D eigenvalue weighted by Gasteiger charge is 2.10. The highest BCUT2D eigenvalue weighted by Crippen LogP contribution is 2.18. The summed E-state index contributed by atoms with van der Waals surface area (Å²) in [5.74, 6) is 2.47. The summed E-state index contributed by atoms with van der Waals surface area (Å²) in [5.41, 5.74) is 0.865. The van der Waals surface area contributed by atoms with Crippen molar-refractivity contribution in [3.05, 3.63) is 35.2 Å². The molecule has 0 radical (unpaired) electrons. The van der Waals surface area contributed by atoms with Gasteiger partial charge in [0.15, 0.2) is 5.96 Å². The van der Waals surface area contributed by atoms with Crippen molar-refractivity contribution in [2.45, 2.75) is 46.2 Å². The van der Waals surface area contributed by atoms with E-state index in [0.717, 1.165) is 17.9 Å². The van der Waals surface area contributed by atoms with Crippen molar-refractivity contribution >= 4 is 17.6 Å². The molecule has 1 aromatic carbocycles. The molecule has 2 rings (SSSR count). The minimum Gasteiger partial charge on any atom is -0.354 e. The molecule has 6 nitrogen and oxygen atoms in total. The first-order valence-electron chi connectivity index (χ1n) is 8.53. The molecule has 0 aliphatic carbocycles. The summed E-state index contributed by atoms with van der Waals surface area (Å²) >= 11 is 5.89. The molecule has 2 aromatic rings. The molecule has 0 saturated carbocycles. The quantitative estimate of drug-likeness (QED) is 0.576. The Balaban J connectivity index is 1.86. The predicted octanol–water partition coefficient (Wildman–Crippen LogP) is 3.88. The van der Waals surface area contributed by atoms with Crippen LogP contribution in [0.2, 0.25) is 5.02 Å². The Morgan fingerprint density at radius 3 is 2.56 bits per heavy atom. The second-order valence-electron chi connectivity index (χ2n) is 6.46. The molecule has 0 fully saturated rings. The average Bonchev–Trinajstić information content (AvgIpc) is 3.06. The molecule has 0 bridgehead atoms. The monoisotopic (exact) mass is 363 g/mol. The lowest BCUT2D eigenvalue weighted by Gasteiger charge is -2.18. The van der Waals surface area contributed by atoms with Crippen molar-refractivity contribution in [1.29, 1.82) is 0 Å². The van der Waals surface area contributed by atoms with Crippen LogP contribution >= 0.6 is 11.6 Å². The number of hydrogen-bond donors (Lipinski definition) is 2. The van der Waals surface area contributed by atoms with Crippen LogP contribution in [0.15, 0.2) is 33.8 Å². The van der Waals surface area contributed by atoms with Crippen LogP contribution in [-0.4, -0.2) is 29.2 Å². The van der Waals surface area contributed by atoms with E-state index in [1.54, 1.807) is 19.2 Å². The molecule has 136 valence electrons. The number of guanidine groups is 1. The van der Waals surface area contributed by atoms with Gasteiger partial charge in [-0.2, -0.15) is 4.98 Å². The summed E-state index contributed by atoms with van der Waals surface area (Å²) in [6.45, 7) is 7.03. The molecule has 0 aliphatic rings. The lowest BCUT2D eigenvalue weighted by molar-refractivity contribution is 0.375. The Kier molecular flexibility index (Phi) is 7.25. The second-order valence-corrected chi connectivity index (χ2v) is 6.90. The molecular formula is C18H26ClN5O. The van der Waals surface area contributed by atoms with E-state index >= 15 is 0 Å². The minimum atomic E-state index is 0.348. The Labute approximate surface area is 154 Å². The summed E-state index contributed by atoms with van der Waals surface area (Å²) in [4.78, 5) is 8.62. The molecule has 1 unspecified atom stereocenters. The van der Waals surface area contributed by atoms with Gasteiger partial charge in [0, 0.05) is 23.7 Å². The van der Waals surface area contributed by atoms with Gasteiger partial charge in [-0.05, 0) is 49.9 Å². The van der Waals surface area contributed by atoms with Gasteiger partial charge in [-0.3, -0.25) is 4.99 Å². The number of aromatic nitrogens is 2. The van der Waals surface area contributed by atoms with Gasteiger partial charge in [0.05, 0.1) is 6.54 Å². The number of nitrogens with one attached hydrogen (secondary N) is 2. The zero-order valence-corrected chi connectivity index (χ0v) is 16.0. The van der Waals surface area contributed by atoms with E-state index < -0.39 is 0 Å². The fourth-order valence-electron chi connectivity index (χ4n) is 2.29.